The minimum atomic E-state index is -1.03. The normalized spacial score (nSPS) is 10.9. The maximum Gasteiger partial charge on any atom is 0.337 e. The number of H-pyrrole nitrogens is 1. The first-order chi connectivity index (χ1) is 16.0. The largest absolute Gasteiger partial charge is 0.478 e. The van der Waals surface area contributed by atoms with Crippen molar-refractivity contribution in [1.82, 2.24) is 19.7 Å². The molecule has 2 heterocycles. The fourth-order valence-corrected chi connectivity index (χ4v) is 3.85. The second-order valence-corrected chi connectivity index (χ2v) is 7.51. The number of anilines is 2. The van der Waals surface area contributed by atoms with Crippen molar-refractivity contribution in [1.29, 1.82) is 0 Å². The highest BCUT2D eigenvalue weighted by Crippen LogP contribution is 2.36. The van der Waals surface area contributed by atoms with Gasteiger partial charge in [0.2, 0.25) is 0 Å². The summed E-state index contributed by atoms with van der Waals surface area (Å²) < 4.78 is 1.75. The van der Waals surface area contributed by atoms with Gasteiger partial charge in [-0.1, -0.05) is 36.4 Å². The third-order valence-corrected chi connectivity index (χ3v) is 5.34. The number of hydrogen-bond donors (Lipinski definition) is 3. The molecule has 0 radical (unpaired) electrons. The highest BCUT2D eigenvalue weighted by atomic mass is 16.4. The van der Waals surface area contributed by atoms with Gasteiger partial charge in [0.1, 0.15) is 5.82 Å². The summed E-state index contributed by atoms with van der Waals surface area (Å²) in [6.07, 6.45) is 1.25. The Hall–Kier alpha value is -4.72. The van der Waals surface area contributed by atoms with Crippen molar-refractivity contribution in [2.45, 2.75) is 6.92 Å². The van der Waals surface area contributed by atoms with Crippen LogP contribution in [0.3, 0.4) is 0 Å². The number of rotatable bonds is 5. The number of para-hydroxylation sites is 2. The van der Waals surface area contributed by atoms with E-state index in [2.05, 4.69) is 15.3 Å². The lowest BCUT2D eigenvalue weighted by atomic mass is 10.0. The summed E-state index contributed by atoms with van der Waals surface area (Å²) in [6.45, 7) is 1.89. The number of aromatic carboxylic acids is 1. The quantitative estimate of drug-likeness (QED) is 0.372. The van der Waals surface area contributed by atoms with Crippen LogP contribution in [0.2, 0.25) is 0 Å². The first-order valence-electron chi connectivity index (χ1n) is 10.2. The number of carbonyl (C=O) groups is 1. The molecule has 0 bridgehead atoms. The van der Waals surface area contributed by atoms with Crippen LogP contribution in [0.5, 0.6) is 0 Å². The minimum Gasteiger partial charge on any atom is -0.478 e. The van der Waals surface area contributed by atoms with Gasteiger partial charge < -0.3 is 15.4 Å². The molecule has 3 aromatic carbocycles. The van der Waals surface area contributed by atoms with Crippen molar-refractivity contribution >= 4 is 28.5 Å². The molecule has 0 aliphatic heterocycles. The lowest BCUT2D eigenvalue weighted by Gasteiger charge is -2.14. The maximum atomic E-state index is 11.8. The highest BCUT2D eigenvalue weighted by molar-refractivity contribution is 5.96. The van der Waals surface area contributed by atoms with E-state index < -0.39 is 5.97 Å². The van der Waals surface area contributed by atoms with Gasteiger partial charge in [0.25, 0.3) is 5.56 Å². The van der Waals surface area contributed by atoms with Crippen molar-refractivity contribution in [3.05, 3.63) is 101 Å². The Morgan fingerprint density at radius 3 is 2.58 bits per heavy atom. The van der Waals surface area contributed by atoms with E-state index in [0.717, 1.165) is 22.5 Å². The van der Waals surface area contributed by atoms with Gasteiger partial charge in [-0.05, 0) is 48.9 Å². The molecular weight excluding hydrogens is 418 g/mol. The molecule has 3 N–H and O–H groups in total. The molecule has 0 unspecified atom stereocenters. The third kappa shape index (κ3) is 3.74. The smallest absolute Gasteiger partial charge is 0.337 e. The average molecular weight is 437 g/mol. The lowest BCUT2D eigenvalue weighted by molar-refractivity contribution is 0.0698. The van der Waals surface area contributed by atoms with Crippen molar-refractivity contribution in [2.24, 2.45) is 0 Å². The van der Waals surface area contributed by atoms with E-state index in [4.69, 9.17) is 5.10 Å². The molecule has 0 aliphatic rings. The SMILES string of the molecule is Cc1nn(-c2ccccc2)c(Nc2ccccc2C(=O)O)c1-c1ccc2ncc(=O)[nH]c2c1. The fourth-order valence-electron chi connectivity index (χ4n) is 3.85. The molecule has 33 heavy (non-hydrogen) atoms. The third-order valence-electron chi connectivity index (χ3n) is 5.34. The number of hydrogen-bond acceptors (Lipinski definition) is 5. The van der Waals surface area contributed by atoms with Crippen LogP contribution in [-0.2, 0) is 0 Å². The highest BCUT2D eigenvalue weighted by Gasteiger charge is 2.21. The van der Waals surface area contributed by atoms with E-state index >= 15 is 0 Å². The Balaban J connectivity index is 1.75. The predicted octanol–water partition coefficient (Wildman–Crippen LogP) is 4.53. The number of carboxylic acid groups (broad SMARTS) is 1. The van der Waals surface area contributed by atoms with E-state index in [9.17, 15) is 14.7 Å². The van der Waals surface area contributed by atoms with Gasteiger partial charge in [-0.2, -0.15) is 5.10 Å². The number of aromatic amines is 1. The van der Waals surface area contributed by atoms with Gasteiger partial charge in [0.05, 0.1) is 39.9 Å². The zero-order valence-electron chi connectivity index (χ0n) is 17.6. The Morgan fingerprint density at radius 1 is 1.03 bits per heavy atom. The van der Waals surface area contributed by atoms with E-state index in [0.29, 0.717) is 22.5 Å². The molecular formula is C25H19N5O3. The second-order valence-electron chi connectivity index (χ2n) is 7.51. The molecule has 0 saturated heterocycles. The summed E-state index contributed by atoms with van der Waals surface area (Å²) in [6, 6.07) is 21.9. The second kappa shape index (κ2) is 8.08. The van der Waals surface area contributed by atoms with E-state index in [-0.39, 0.29) is 11.1 Å². The molecule has 5 aromatic rings. The first-order valence-corrected chi connectivity index (χ1v) is 10.2. The average Bonchev–Trinajstić information content (AvgIpc) is 3.15. The van der Waals surface area contributed by atoms with Crippen LogP contribution >= 0.6 is 0 Å². The number of benzene rings is 3. The first kappa shape index (κ1) is 20.2. The number of nitrogens with zero attached hydrogens (tertiary/aromatic N) is 3. The van der Waals surface area contributed by atoms with Gasteiger partial charge in [-0.3, -0.25) is 4.79 Å². The molecule has 0 spiro atoms. The van der Waals surface area contributed by atoms with Gasteiger partial charge in [0.15, 0.2) is 0 Å². The molecule has 0 amide bonds. The van der Waals surface area contributed by atoms with Crippen LogP contribution in [0.15, 0.2) is 83.8 Å². The molecule has 8 nitrogen and oxygen atoms in total. The van der Waals surface area contributed by atoms with Crippen molar-refractivity contribution in [3.63, 3.8) is 0 Å². The van der Waals surface area contributed by atoms with Gasteiger partial charge >= 0.3 is 5.97 Å². The number of aryl methyl sites for hydroxylation is 1. The van der Waals surface area contributed by atoms with Crippen molar-refractivity contribution in [3.8, 4) is 16.8 Å². The lowest BCUT2D eigenvalue weighted by Crippen LogP contribution is -2.07. The summed E-state index contributed by atoms with van der Waals surface area (Å²) in [5.41, 5.74) is 4.71. The van der Waals surface area contributed by atoms with E-state index in [1.807, 2.05) is 55.5 Å². The summed E-state index contributed by atoms with van der Waals surface area (Å²) in [5, 5.41) is 17.7. The number of nitrogens with one attached hydrogen (secondary N) is 2. The summed E-state index contributed by atoms with van der Waals surface area (Å²) >= 11 is 0. The zero-order valence-corrected chi connectivity index (χ0v) is 17.6. The van der Waals surface area contributed by atoms with Crippen LogP contribution in [0, 0.1) is 6.92 Å². The fraction of sp³-hybridized carbons (Fsp3) is 0.0400. The number of carboxylic acids is 1. The molecule has 5 rings (SSSR count). The summed E-state index contributed by atoms with van der Waals surface area (Å²) in [4.78, 5) is 30.6. The Labute approximate surface area is 188 Å². The predicted molar refractivity (Wildman–Crippen MR) is 126 cm³/mol. The molecule has 0 atom stereocenters. The van der Waals surface area contributed by atoms with E-state index in [1.165, 1.54) is 6.20 Å². The van der Waals surface area contributed by atoms with Crippen LogP contribution in [0.25, 0.3) is 27.8 Å². The molecule has 0 fully saturated rings. The van der Waals surface area contributed by atoms with Crippen LogP contribution < -0.4 is 10.9 Å². The zero-order chi connectivity index (χ0) is 22.9. The van der Waals surface area contributed by atoms with Crippen LogP contribution in [0.4, 0.5) is 11.5 Å². The topological polar surface area (TPSA) is 113 Å². The summed E-state index contributed by atoms with van der Waals surface area (Å²) in [5.74, 6) is -0.422. The molecule has 162 valence electrons. The van der Waals surface area contributed by atoms with Crippen LogP contribution in [0.1, 0.15) is 16.1 Å². The number of aromatic nitrogens is 4. The monoisotopic (exact) mass is 437 g/mol. The molecule has 8 heteroatoms. The Kier molecular flexibility index (Phi) is 4.95. The van der Waals surface area contributed by atoms with Gasteiger partial charge in [0, 0.05) is 5.56 Å². The van der Waals surface area contributed by atoms with Crippen LogP contribution in [-0.4, -0.2) is 30.8 Å². The van der Waals surface area contributed by atoms with Crippen molar-refractivity contribution < 1.29 is 9.90 Å². The number of fused-ring (bicyclic) bond motifs is 1. The standard InChI is InChI=1S/C25H19N5O3/c1-15-23(16-11-12-20-21(13-16)27-22(31)14-26-20)24(30(29-15)17-7-3-2-4-8-17)28-19-10-6-5-9-18(19)25(32)33/h2-14,28H,1H3,(H,27,31)(H,32,33). The van der Waals surface area contributed by atoms with E-state index in [1.54, 1.807) is 28.9 Å². The molecule has 0 saturated carbocycles. The Morgan fingerprint density at radius 2 is 1.79 bits per heavy atom. The van der Waals surface area contributed by atoms with Gasteiger partial charge in [-0.25, -0.2) is 14.5 Å². The Bertz CT molecular complexity index is 1550. The molecule has 0 aliphatic carbocycles. The minimum absolute atomic E-state index is 0.147. The van der Waals surface area contributed by atoms with Gasteiger partial charge in [-0.15, -0.1) is 0 Å². The summed E-state index contributed by atoms with van der Waals surface area (Å²) in [7, 11) is 0. The molecule has 2 aromatic heterocycles. The maximum absolute atomic E-state index is 11.8. The van der Waals surface area contributed by atoms with Crippen molar-refractivity contribution in [2.75, 3.05) is 5.32 Å².